The first-order valence-electron chi connectivity index (χ1n) is 8.56. The van der Waals surface area contributed by atoms with E-state index < -0.39 is 0 Å². The maximum Gasteiger partial charge on any atom is 0.198 e. The van der Waals surface area contributed by atoms with Crippen molar-refractivity contribution in [3.8, 4) is 0 Å². The molecular weight excluding hydrogens is 272 g/mol. The molecule has 22 heavy (non-hydrogen) atoms. The number of aromatic nitrogens is 1. The van der Waals surface area contributed by atoms with Gasteiger partial charge in [-0.15, -0.1) is 0 Å². The van der Waals surface area contributed by atoms with Crippen LogP contribution < -0.4 is 10.3 Å². The third-order valence-corrected chi connectivity index (χ3v) is 5.08. The number of aromatic amines is 1. The van der Waals surface area contributed by atoms with Gasteiger partial charge in [0.1, 0.15) is 6.54 Å². The van der Waals surface area contributed by atoms with Gasteiger partial charge < -0.3 is 9.88 Å². The first-order valence-corrected chi connectivity index (χ1v) is 8.56. The summed E-state index contributed by atoms with van der Waals surface area (Å²) >= 11 is 0. The molecule has 0 amide bonds. The average Bonchev–Trinajstić information content (AvgIpc) is 2.51. The lowest BCUT2D eigenvalue weighted by molar-refractivity contribution is -0.922. The fraction of sp³-hybridized carbons (Fsp3) is 0.526. The maximum absolute atomic E-state index is 12.9. The normalized spacial score (nSPS) is 22.1. The Bertz CT molecular complexity index is 732. The maximum atomic E-state index is 12.9. The number of nitrogens with one attached hydrogen (secondary N) is 2. The van der Waals surface area contributed by atoms with E-state index in [1.807, 2.05) is 13.0 Å². The quantitative estimate of drug-likeness (QED) is 0.896. The predicted octanol–water partition coefficient (Wildman–Crippen LogP) is 2.21. The molecule has 3 heteroatoms. The van der Waals surface area contributed by atoms with Crippen LogP contribution in [-0.4, -0.2) is 18.1 Å². The van der Waals surface area contributed by atoms with E-state index in [2.05, 4.69) is 31.0 Å². The zero-order valence-electron chi connectivity index (χ0n) is 14.0. The fourth-order valence-corrected chi connectivity index (χ4v) is 3.74. The van der Waals surface area contributed by atoms with Crippen molar-refractivity contribution < 1.29 is 4.90 Å². The largest absolute Gasteiger partial charge is 0.358 e. The second-order valence-corrected chi connectivity index (χ2v) is 6.92. The van der Waals surface area contributed by atoms with Gasteiger partial charge in [-0.25, -0.2) is 0 Å². The molecule has 0 aliphatic carbocycles. The summed E-state index contributed by atoms with van der Waals surface area (Å²) in [6.07, 6.45) is 3.57. The number of fused-ring (bicyclic) bond motifs is 1. The van der Waals surface area contributed by atoms with E-state index >= 15 is 0 Å². The van der Waals surface area contributed by atoms with Gasteiger partial charge in [0.05, 0.1) is 18.7 Å². The highest BCUT2D eigenvalue weighted by Crippen LogP contribution is 2.14. The lowest BCUT2D eigenvalue weighted by atomic mass is 9.99. The minimum absolute atomic E-state index is 0.229. The zero-order valence-corrected chi connectivity index (χ0v) is 14.0. The van der Waals surface area contributed by atoms with Gasteiger partial charge in [0, 0.05) is 22.5 Å². The first-order chi connectivity index (χ1) is 10.6. The van der Waals surface area contributed by atoms with Crippen molar-refractivity contribution in [2.24, 2.45) is 5.92 Å². The van der Waals surface area contributed by atoms with Gasteiger partial charge >= 0.3 is 0 Å². The molecule has 2 aromatic rings. The monoisotopic (exact) mass is 299 g/mol. The van der Waals surface area contributed by atoms with E-state index in [-0.39, 0.29) is 5.43 Å². The Morgan fingerprint density at radius 2 is 2.18 bits per heavy atom. The number of benzene rings is 1. The molecule has 2 N–H and O–H groups in total. The molecule has 0 bridgehead atoms. The van der Waals surface area contributed by atoms with Crippen molar-refractivity contribution in [3.63, 3.8) is 0 Å². The van der Waals surface area contributed by atoms with Gasteiger partial charge in [0.15, 0.2) is 5.43 Å². The van der Waals surface area contributed by atoms with Crippen LogP contribution >= 0.6 is 0 Å². The van der Waals surface area contributed by atoms with Crippen molar-refractivity contribution in [2.45, 2.75) is 46.6 Å². The summed E-state index contributed by atoms with van der Waals surface area (Å²) in [7, 11) is 0. The second kappa shape index (κ2) is 6.25. The molecule has 2 atom stereocenters. The van der Waals surface area contributed by atoms with Crippen LogP contribution in [0.25, 0.3) is 10.9 Å². The van der Waals surface area contributed by atoms with Gasteiger partial charge in [0.2, 0.25) is 0 Å². The van der Waals surface area contributed by atoms with Crippen molar-refractivity contribution in [3.05, 3.63) is 45.2 Å². The highest BCUT2D eigenvalue weighted by atomic mass is 16.1. The summed E-state index contributed by atoms with van der Waals surface area (Å²) in [6.45, 7) is 9.73. The van der Waals surface area contributed by atoms with E-state index in [4.69, 9.17) is 0 Å². The molecule has 2 heterocycles. The molecule has 118 valence electrons. The molecule has 3 rings (SSSR count). The molecule has 0 spiro atoms. The van der Waals surface area contributed by atoms with E-state index in [0.717, 1.165) is 41.0 Å². The SMILES string of the molecule is CCc1ccc2[nH]c(C)c(C[NH+]3CCCC(C)C3)c(=O)c2c1. The number of pyridine rings is 1. The predicted molar refractivity (Wildman–Crippen MR) is 91.5 cm³/mol. The number of hydrogen-bond donors (Lipinski definition) is 2. The minimum atomic E-state index is 0.229. The Balaban J connectivity index is 1.99. The molecular formula is C19H27N2O+. The summed E-state index contributed by atoms with van der Waals surface area (Å²) in [5.74, 6) is 0.773. The number of quaternary nitrogens is 1. The molecule has 1 aliphatic rings. The molecule has 2 unspecified atom stereocenters. The Labute approximate surface area is 132 Å². The van der Waals surface area contributed by atoms with Crippen LogP contribution in [0.15, 0.2) is 23.0 Å². The molecule has 0 saturated carbocycles. The van der Waals surface area contributed by atoms with Crippen LogP contribution in [0, 0.1) is 12.8 Å². The summed E-state index contributed by atoms with van der Waals surface area (Å²) < 4.78 is 0. The molecule has 1 aromatic carbocycles. The van der Waals surface area contributed by atoms with Gasteiger partial charge in [-0.2, -0.15) is 0 Å². The fourth-order valence-electron chi connectivity index (χ4n) is 3.74. The van der Waals surface area contributed by atoms with Crippen LogP contribution in [-0.2, 0) is 13.0 Å². The Hall–Kier alpha value is -1.61. The number of H-pyrrole nitrogens is 1. The highest BCUT2D eigenvalue weighted by Gasteiger charge is 2.22. The summed E-state index contributed by atoms with van der Waals surface area (Å²) in [6, 6.07) is 6.21. The average molecular weight is 299 g/mol. The van der Waals surface area contributed by atoms with Crippen molar-refractivity contribution >= 4 is 10.9 Å². The number of hydrogen-bond acceptors (Lipinski definition) is 1. The molecule has 1 aliphatic heterocycles. The van der Waals surface area contributed by atoms with Gasteiger partial charge in [-0.05, 0) is 43.9 Å². The van der Waals surface area contributed by atoms with Gasteiger partial charge in [-0.3, -0.25) is 4.79 Å². The van der Waals surface area contributed by atoms with Gasteiger partial charge in [-0.1, -0.05) is 19.9 Å². The minimum Gasteiger partial charge on any atom is -0.358 e. The van der Waals surface area contributed by atoms with Crippen LogP contribution in [0.1, 0.15) is 43.5 Å². The molecule has 1 fully saturated rings. The Morgan fingerprint density at radius 1 is 1.36 bits per heavy atom. The van der Waals surface area contributed by atoms with Crippen LogP contribution in [0.3, 0.4) is 0 Å². The van der Waals surface area contributed by atoms with E-state index in [0.29, 0.717) is 0 Å². The second-order valence-electron chi connectivity index (χ2n) is 6.92. The van der Waals surface area contributed by atoms with E-state index in [1.54, 1.807) is 4.90 Å². The third-order valence-electron chi connectivity index (χ3n) is 5.08. The van der Waals surface area contributed by atoms with Crippen molar-refractivity contribution in [1.29, 1.82) is 0 Å². The van der Waals surface area contributed by atoms with E-state index in [1.165, 1.54) is 31.5 Å². The Morgan fingerprint density at radius 3 is 2.91 bits per heavy atom. The standard InChI is InChI=1S/C19H26N2O/c1-4-15-7-8-18-16(10-15)19(22)17(14(3)20-18)12-21-9-5-6-13(2)11-21/h7-8,10,13H,4-6,9,11-12H2,1-3H3,(H,20,22)/p+1. The molecule has 3 nitrogen and oxygen atoms in total. The Kier molecular flexibility index (Phi) is 4.34. The van der Waals surface area contributed by atoms with Gasteiger partial charge in [0.25, 0.3) is 0 Å². The topological polar surface area (TPSA) is 37.3 Å². The van der Waals surface area contributed by atoms with E-state index in [9.17, 15) is 4.79 Å². The lowest BCUT2D eigenvalue weighted by Crippen LogP contribution is -3.12. The third kappa shape index (κ3) is 2.95. The number of likely N-dealkylation sites (tertiary alicyclic amines) is 1. The lowest BCUT2D eigenvalue weighted by Gasteiger charge is -2.28. The van der Waals surface area contributed by atoms with Crippen molar-refractivity contribution in [2.75, 3.05) is 13.1 Å². The van der Waals surface area contributed by atoms with Crippen LogP contribution in [0.4, 0.5) is 0 Å². The summed E-state index contributed by atoms with van der Waals surface area (Å²) in [5.41, 5.74) is 4.43. The summed E-state index contributed by atoms with van der Waals surface area (Å²) in [5, 5.41) is 0.851. The molecule has 1 saturated heterocycles. The van der Waals surface area contributed by atoms with Crippen LogP contribution in [0.5, 0.6) is 0 Å². The summed E-state index contributed by atoms with van der Waals surface area (Å²) in [4.78, 5) is 17.9. The highest BCUT2D eigenvalue weighted by molar-refractivity contribution is 5.80. The van der Waals surface area contributed by atoms with Crippen molar-refractivity contribution in [1.82, 2.24) is 4.98 Å². The molecule has 1 aromatic heterocycles. The zero-order chi connectivity index (χ0) is 15.7. The molecule has 0 radical (unpaired) electrons. The first kappa shape index (κ1) is 15.3. The smallest absolute Gasteiger partial charge is 0.198 e. The van der Waals surface area contributed by atoms with Crippen LogP contribution in [0.2, 0.25) is 0 Å². The number of aryl methyl sites for hydroxylation is 2. The number of rotatable bonds is 3. The number of piperidine rings is 1.